The van der Waals surface area contributed by atoms with Crippen LogP contribution in [0, 0.1) is 6.92 Å². The van der Waals surface area contributed by atoms with Crippen molar-refractivity contribution in [3.8, 4) is 5.75 Å². The number of nitrogens with zero attached hydrogens (tertiary/aromatic N) is 1. The van der Waals surface area contributed by atoms with E-state index in [2.05, 4.69) is 4.98 Å². The Morgan fingerprint density at radius 2 is 2.25 bits per heavy atom. The van der Waals surface area contributed by atoms with Crippen LogP contribution >= 0.6 is 11.3 Å². The molecule has 6 heteroatoms. The van der Waals surface area contributed by atoms with E-state index < -0.39 is 5.97 Å². The molecule has 1 aromatic heterocycles. The highest BCUT2D eigenvalue weighted by atomic mass is 32.1. The van der Waals surface area contributed by atoms with E-state index in [9.17, 15) is 4.79 Å². The van der Waals surface area contributed by atoms with Crippen LogP contribution in [0.4, 0.5) is 5.69 Å². The van der Waals surface area contributed by atoms with Crippen molar-refractivity contribution in [1.82, 2.24) is 4.98 Å². The van der Waals surface area contributed by atoms with E-state index in [-0.39, 0.29) is 0 Å². The molecule has 0 atom stereocenters. The number of nitrogen functional groups attached to an aromatic ring is 1. The molecule has 1 heterocycles. The Bertz CT molecular complexity index is 610. The Morgan fingerprint density at radius 3 is 2.95 bits per heavy atom. The molecule has 20 heavy (non-hydrogen) atoms. The Morgan fingerprint density at radius 1 is 1.45 bits per heavy atom. The summed E-state index contributed by atoms with van der Waals surface area (Å²) in [6.45, 7) is 4.34. The zero-order valence-corrected chi connectivity index (χ0v) is 12.2. The van der Waals surface area contributed by atoms with E-state index in [1.807, 2.05) is 19.1 Å². The molecule has 0 radical (unpaired) electrons. The highest BCUT2D eigenvalue weighted by molar-refractivity contribution is 7.11. The predicted molar refractivity (Wildman–Crippen MR) is 78.0 cm³/mol. The molecule has 0 aliphatic carbocycles. The summed E-state index contributed by atoms with van der Waals surface area (Å²) in [4.78, 5) is 15.7. The summed E-state index contributed by atoms with van der Waals surface area (Å²) < 4.78 is 10.6. The Labute approximate surface area is 121 Å². The van der Waals surface area contributed by atoms with E-state index in [0.29, 0.717) is 29.6 Å². The van der Waals surface area contributed by atoms with Crippen LogP contribution in [-0.2, 0) is 11.3 Å². The largest absolute Gasteiger partial charge is 0.487 e. The second-order valence-corrected chi connectivity index (χ2v) is 5.04. The maximum Gasteiger partial charge on any atom is 0.367 e. The summed E-state index contributed by atoms with van der Waals surface area (Å²) in [5, 5.41) is 2.14. The molecule has 1 aromatic carbocycles. The van der Waals surface area contributed by atoms with Gasteiger partial charge in [0.2, 0.25) is 5.01 Å². The van der Waals surface area contributed by atoms with E-state index in [4.69, 9.17) is 15.2 Å². The summed E-state index contributed by atoms with van der Waals surface area (Å²) in [5.74, 6) is 0.359. The van der Waals surface area contributed by atoms with Gasteiger partial charge in [-0.05, 0) is 37.6 Å². The number of ether oxygens (including phenoxy) is 2. The summed E-state index contributed by atoms with van der Waals surface area (Å²) in [7, 11) is 0. The van der Waals surface area contributed by atoms with Crippen molar-refractivity contribution in [2.75, 3.05) is 12.3 Å². The second-order valence-electron chi connectivity index (χ2n) is 4.18. The predicted octanol–water partition coefficient (Wildman–Crippen LogP) is 2.79. The molecule has 0 amide bonds. The Hall–Kier alpha value is -2.08. The van der Waals surface area contributed by atoms with Gasteiger partial charge in [-0.15, -0.1) is 11.3 Å². The molecule has 0 fully saturated rings. The van der Waals surface area contributed by atoms with E-state index in [1.54, 1.807) is 18.4 Å². The third kappa shape index (κ3) is 3.48. The molecule has 0 bridgehead atoms. The monoisotopic (exact) mass is 292 g/mol. The number of esters is 1. The van der Waals surface area contributed by atoms with Crippen LogP contribution in [0.25, 0.3) is 0 Å². The molecule has 0 saturated carbocycles. The third-order valence-electron chi connectivity index (χ3n) is 2.58. The number of carbonyl (C=O) groups is 1. The van der Waals surface area contributed by atoms with Crippen molar-refractivity contribution in [3.05, 3.63) is 39.8 Å². The lowest BCUT2D eigenvalue weighted by atomic mass is 10.2. The Balaban J connectivity index is 1.99. The van der Waals surface area contributed by atoms with Crippen molar-refractivity contribution in [1.29, 1.82) is 0 Å². The number of hydrogen-bond donors (Lipinski definition) is 1. The lowest BCUT2D eigenvalue weighted by molar-refractivity contribution is 0.0525. The highest BCUT2D eigenvalue weighted by Gasteiger charge is 2.12. The fraction of sp³-hybridized carbons (Fsp3) is 0.286. The number of anilines is 1. The average molecular weight is 292 g/mol. The zero-order valence-electron chi connectivity index (χ0n) is 11.4. The number of benzene rings is 1. The molecule has 5 nitrogen and oxygen atoms in total. The number of carbonyl (C=O) groups excluding carboxylic acids is 1. The first-order chi connectivity index (χ1) is 9.60. The van der Waals surface area contributed by atoms with Gasteiger partial charge in [-0.3, -0.25) is 0 Å². The lowest BCUT2D eigenvalue weighted by Gasteiger charge is -2.08. The van der Waals surface area contributed by atoms with Crippen molar-refractivity contribution < 1.29 is 14.3 Å². The van der Waals surface area contributed by atoms with Crippen molar-refractivity contribution in [2.24, 2.45) is 0 Å². The van der Waals surface area contributed by atoms with Crippen LogP contribution in [0.15, 0.2) is 23.6 Å². The molecule has 0 aliphatic rings. The van der Waals surface area contributed by atoms with Crippen molar-refractivity contribution >= 4 is 23.0 Å². The SMILES string of the molecule is CCOC(=O)c1nc(COc2ccc(N)cc2C)cs1. The zero-order chi connectivity index (χ0) is 14.5. The van der Waals surface area contributed by atoms with E-state index >= 15 is 0 Å². The first-order valence-electron chi connectivity index (χ1n) is 6.20. The molecule has 0 saturated heterocycles. The normalized spacial score (nSPS) is 10.3. The summed E-state index contributed by atoms with van der Waals surface area (Å²) in [6.07, 6.45) is 0. The summed E-state index contributed by atoms with van der Waals surface area (Å²) in [5.41, 5.74) is 8.05. The number of aromatic nitrogens is 1. The number of rotatable bonds is 5. The molecule has 2 rings (SSSR count). The lowest BCUT2D eigenvalue weighted by Crippen LogP contribution is -2.05. The first kappa shape index (κ1) is 14.3. The quantitative estimate of drug-likeness (QED) is 0.677. The van der Waals surface area contributed by atoms with Gasteiger partial charge in [-0.1, -0.05) is 0 Å². The van der Waals surface area contributed by atoms with Gasteiger partial charge in [0.1, 0.15) is 12.4 Å². The highest BCUT2D eigenvalue weighted by Crippen LogP contribution is 2.21. The molecule has 2 N–H and O–H groups in total. The summed E-state index contributed by atoms with van der Waals surface area (Å²) in [6, 6.07) is 5.46. The van der Waals surface area contributed by atoms with Gasteiger partial charge in [0.05, 0.1) is 12.3 Å². The second kappa shape index (κ2) is 6.38. The minimum absolute atomic E-state index is 0.306. The van der Waals surface area contributed by atoms with Gasteiger partial charge >= 0.3 is 5.97 Å². The molecule has 0 aliphatic heterocycles. The Kier molecular flexibility index (Phi) is 4.57. The molecule has 0 unspecified atom stereocenters. The number of nitrogens with two attached hydrogens (primary N) is 1. The van der Waals surface area contributed by atoms with Crippen molar-refractivity contribution in [3.63, 3.8) is 0 Å². The van der Waals surface area contributed by atoms with Gasteiger partial charge in [0.25, 0.3) is 0 Å². The minimum atomic E-state index is -0.396. The average Bonchev–Trinajstić information content (AvgIpc) is 2.87. The van der Waals surface area contributed by atoms with Crippen LogP contribution in [0.5, 0.6) is 5.75 Å². The van der Waals surface area contributed by atoms with Gasteiger partial charge in [-0.2, -0.15) is 0 Å². The number of thiazole rings is 1. The minimum Gasteiger partial charge on any atom is -0.487 e. The van der Waals surface area contributed by atoms with Crippen LogP contribution in [0.3, 0.4) is 0 Å². The van der Waals surface area contributed by atoms with Crippen LogP contribution < -0.4 is 10.5 Å². The maximum absolute atomic E-state index is 11.5. The smallest absolute Gasteiger partial charge is 0.367 e. The fourth-order valence-corrected chi connectivity index (χ4v) is 2.34. The maximum atomic E-state index is 11.5. The molecular formula is C14H16N2O3S. The molecular weight excluding hydrogens is 276 g/mol. The number of hydrogen-bond acceptors (Lipinski definition) is 6. The van der Waals surface area contributed by atoms with Crippen LogP contribution in [-0.4, -0.2) is 17.6 Å². The van der Waals surface area contributed by atoms with Gasteiger partial charge in [-0.25, -0.2) is 9.78 Å². The van der Waals surface area contributed by atoms with Gasteiger partial charge < -0.3 is 15.2 Å². The first-order valence-corrected chi connectivity index (χ1v) is 7.08. The summed E-state index contributed by atoms with van der Waals surface area (Å²) >= 11 is 1.25. The van der Waals surface area contributed by atoms with Gasteiger partial charge in [0.15, 0.2) is 0 Å². The third-order valence-corrected chi connectivity index (χ3v) is 3.45. The fourth-order valence-electron chi connectivity index (χ4n) is 1.65. The van der Waals surface area contributed by atoms with E-state index in [1.165, 1.54) is 11.3 Å². The van der Waals surface area contributed by atoms with Gasteiger partial charge in [0, 0.05) is 11.1 Å². The van der Waals surface area contributed by atoms with E-state index in [0.717, 1.165) is 11.3 Å². The van der Waals surface area contributed by atoms with Crippen LogP contribution in [0.1, 0.15) is 28.0 Å². The standard InChI is InChI=1S/C14H16N2O3S/c1-3-18-14(17)13-16-11(8-20-13)7-19-12-5-4-10(15)6-9(12)2/h4-6,8H,3,7,15H2,1-2H3. The topological polar surface area (TPSA) is 74.4 Å². The molecule has 0 spiro atoms. The molecule has 106 valence electrons. The number of aryl methyl sites for hydroxylation is 1. The van der Waals surface area contributed by atoms with Crippen molar-refractivity contribution in [2.45, 2.75) is 20.5 Å². The van der Waals surface area contributed by atoms with Crippen LogP contribution in [0.2, 0.25) is 0 Å². The molecule has 2 aromatic rings.